The van der Waals surface area contributed by atoms with Gasteiger partial charge >= 0.3 is 5.97 Å². The Morgan fingerprint density at radius 3 is 2.75 bits per heavy atom. The summed E-state index contributed by atoms with van der Waals surface area (Å²) in [6, 6.07) is 9.03. The van der Waals surface area contributed by atoms with Gasteiger partial charge in [0.2, 0.25) is 5.95 Å². The topological polar surface area (TPSA) is 116 Å². The number of rotatable bonds is 5. The summed E-state index contributed by atoms with van der Waals surface area (Å²) in [6.07, 6.45) is 5.94. The van der Waals surface area contributed by atoms with E-state index in [0.29, 0.717) is 30.3 Å². The van der Waals surface area contributed by atoms with E-state index in [1.54, 1.807) is 18.5 Å². The van der Waals surface area contributed by atoms with Gasteiger partial charge in [-0.2, -0.15) is 4.98 Å². The summed E-state index contributed by atoms with van der Waals surface area (Å²) < 4.78 is 7.47. The maximum Gasteiger partial charge on any atom is 0.338 e. The number of nitrogens with zero attached hydrogens (tertiary/aromatic N) is 3. The van der Waals surface area contributed by atoms with E-state index in [4.69, 9.17) is 10.5 Å². The standard InChI is InChI=1S/C20H23N5O3/c21-20-23-17-16(18(26)24-20)22-12-25(17)10-14-8-4-5-9-15(14)11-28-19(27)13-6-2-1-3-7-13/h1-3,6-7,12,14-15H,4-5,8-11H2,(H3,21,23,24,26). The van der Waals surface area contributed by atoms with Crippen molar-refractivity contribution in [2.45, 2.75) is 32.2 Å². The van der Waals surface area contributed by atoms with Crippen molar-refractivity contribution in [3.05, 3.63) is 52.6 Å². The molecule has 1 aliphatic rings. The van der Waals surface area contributed by atoms with Crippen LogP contribution in [-0.2, 0) is 11.3 Å². The first-order valence-electron chi connectivity index (χ1n) is 9.54. The van der Waals surface area contributed by atoms with Crippen LogP contribution >= 0.6 is 0 Å². The number of carbonyl (C=O) groups excluding carboxylic acids is 1. The number of anilines is 1. The fraction of sp³-hybridized carbons (Fsp3) is 0.400. The van der Waals surface area contributed by atoms with Crippen molar-refractivity contribution < 1.29 is 9.53 Å². The number of esters is 1. The van der Waals surface area contributed by atoms with Crippen LogP contribution in [0.15, 0.2) is 41.5 Å². The molecule has 2 heterocycles. The average molecular weight is 381 g/mol. The number of ether oxygens (including phenoxy) is 1. The predicted octanol–water partition coefficient (Wildman–Crippen LogP) is 2.37. The molecule has 0 aliphatic heterocycles. The quantitative estimate of drug-likeness (QED) is 0.656. The van der Waals surface area contributed by atoms with Crippen LogP contribution in [0.3, 0.4) is 0 Å². The highest BCUT2D eigenvalue weighted by Gasteiger charge is 2.27. The van der Waals surface area contributed by atoms with E-state index in [2.05, 4.69) is 15.0 Å². The third-order valence-electron chi connectivity index (χ3n) is 5.43. The molecule has 2 atom stereocenters. The summed E-state index contributed by atoms with van der Waals surface area (Å²) in [6.45, 7) is 1.06. The Balaban J connectivity index is 1.47. The van der Waals surface area contributed by atoms with E-state index in [1.807, 2.05) is 22.8 Å². The summed E-state index contributed by atoms with van der Waals surface area (Å²) in [5.41, 5.74) is 6.69. The van der Waals surface area contributed by atoms with Crippen LogP contribution in [0.5, 0.6) is 0 Å². The summed E-state index contributed by atoms with van der Waals surface area (Å²) in [5.74, 6) is 0.366. The van der Waals surface area contributed by atoms with Gasteiger partial charge in [-0.15, -0.1) is 0 Å². The van der Waals surface area contributed by atoms with Crippen molar-refractivity contribution in [2.24, 2.45) is 11.8 Å². The fourth-order valence-corrected chi connectivity index (χ4v) is 3.94. The number of hydrogen-bond acceptors (Lipinski definition) is 6. The highest BCUT2D eigenvalue weighted by molar-refractivity contribution is 5.89. The molecule has 0 radical (unpaired) electrons. The minimum absolute atomic E-state index is 0.0798. The van der Waals surface area contributed by atoms with Crippen molar-refractivity contribution in [1.29, 1.82) is 0 Å². The van der Waals surface area contributed by atoms with E-state index in [9.17, 15) is 9.59 Å². The number of nitrogens with one attached hydrogen (secondary N) is 1. The second kappa shape index (κ2) is 7.84. The maximum atomic E-state index is 12.3. The average Bonchev–Trinajstić information content (AvgIpc) is 3.10. The molecule has 1 aliphatic carbocycles. The van der Waals surface area contributed by atoms with Crippen molar-refractivity contribution >= 4 is 23.1 Å². The van der Waals surface area contributed by atoms with E-state index in [1.165, 1.54) is 0 Å². The lowest BCUT2D eigenvalue weighted by atomic mass is 9.79. The summed E-state index contributed by atoms with van der Waals surface area (Å²) in [4.78, 5) is 35.1. The molecular formula is C20H23N5O3. The number of carbonyl (C=O) groups is 1. The second-order valence-electron chi connectivity index (χ2n) is 7.29. The first-order chi connectivity index (χ1) is 13.6. The molecule has 4 rings (SSSR count). The number of hydrogen-bond donors (Lipinski definition) is 2. The lowest BCUT2D eigenvalue weighted by Crippen LogP contribution is -2.28. The van der Waals surface area contributed by atoms with Crippen LogP contribution in [-0.4, -0.2) is 32.1 Å². The Hall–Kier alpha value is -3.16. The molecule has 8 nitrogen and oxygen atoms in total. The Bertz CT molecular complexity index is 1030. The molecule has 146 valence electrons. The zero-order chi connectivity index (χ0) is 19.5. The molecule has 1 fully saturated rings. The van der Waals surface area contributed by atoms with Gasteiger partial charge in [0.1, 0.15) is 0 Å². The molecule has 2 aromatic heterocycles. The molecule has 1 aromatic carbocycles. The van der Waals surface area contributed by atoms with Crippen molar-refractivity contribution in [1.82, 2.24) is 19.5 Å². The van der Waals surface area contributed by atoms with E-state index >= 15 is 0 Å². The molecule has 8 heteroatoms. The molecule has 0 bridgehead atoms. The van der Waals surface area contributed by atoms with Gasteiger partial charge in [0.15, 0.2) is 11.2 Å². The maximum absolute atomic E-state index is 12.3. The van der Waals surface area contributed by atoms with E-state index < -0.39 is 0 Å². The Morgan fingerprint density at radius 1 is 1.21 bits per heavy atom. The smallest absolute Gasteiger partial charge is 0.338 e. The van der Waals surface area contributed by atoms with Crippen LogP contribution < -0.4 is 11.3 Å². The number of benzene rings is 1. The number of fused-ring (bicyclic) bond motifs is 1. The van der Waals surface area contributed by atoms with Gasteiger partial charge in [-0.25, -0.2) is 9.78 Å². The monoisotopic (exact) mass is 381 g/mol. The SMILES string of the molecule is Nc1nc2c(ncn2CC2CCCCC2COC(=O)c2ccccc2)c(=O)[nH]1. The molecule has 3 aromatic rings. The van der Waals surface area contributed by atoms with Gasteiger partial charge in [-0.1, -0.05) is 31.0 Å². The molecular weight excluding hydrogens is 358 g/mol. The zero-order valence-electron chi connectivity index (χ0n) is 15.5. The van der Waals surface area contributed by atoms with Gasteiger partial charge in [0, 0.05) is 6.54 Å². The van der Waals surface area contributed by atoms with Gasteiger partial charge in [-0.05, 0) is 36.8 Å². The van der Waals surface area contributed by atoms with Crippen LogP contribution in [0.4, 0.5) is 5.95 Å². The summed E-state index contributed by atoms with van der Waals surface area (Å²) in [5, 5.41) is 0. The Kier molecular flexibility index (Phi) is 5.10. The molecule has 1 saturated carbocycles. The molecule has 0 amide bonds. The van der Waals surface area contributed by atoms with Gasteiger partial charge in [-0.3, -0.25) is 9.78 Å². The summed E-state index contributed by atoms with van der Waals surface area (Å²) >= 11 is 0. The fourth-order valence-electron chi connectivity index (χ4n) is 3.94. The molecule has 28 heavy (non-hydrogen) atoms. The normalized spacial score (nSPS) is 19.6. The van der Waals surface area contributed by atoms with Gasteiger partial charge in [0.25, 0.3) is 5.56 Å². The number of nitrogen functional groups attached to an aromatic ring is 1. The second-order valence-corrected chi connectivity index (χ2v) is 7.29. The van der Waals surface area contributed by atoms with Crippen molar-refractivity contribution in [3.8, 4) is 0 Å². The minimum atomic E-state index is -0.335. The zero-order valence-corrected chi connectivity index (χ0v) is 15.5. The lowest BCUT2D eigenvalue weighted by Gasteiger charge is -2.31. The highest BCUT2D eigenvalue weighted by Crippen LogP contribution is 2.32. The molecule has 0 spiro atoms. The van der Waals surface area contributed by atoms with E-state index in [-0.39, 0.29) is 28.9 Å². The Labute approximate surface area is 161 Å². The number of nitrogens with two attached hydrogens (primary N) is 1. The number of aromatic amines is 1. The lowest BCUT2D eigenvalue weighted by molar-refractivity contribution is 0.0327. The van der Waals surface area contributed by atoms with Crippen LogP contribution in [0.25, 0.3) is 11.2 Å². The molecule has 0 saturated heterocycles. The third-order valence-corrected chi connectivity index (χ3v) is 5.43. The molecule has 2 unspecified atom stereocenters. The van der Waals surface area contributed by atoms with Crippen LogP contribution in [0.1, 0.15) is 36.0 Å². The predicted molar refractivity (Wildman–Crippen MR) is 105 cm³/mol. The Morgan fingerprint density at radius 2 is 1.96 bits per heavy atom. The van der Waals surface area contributed by atoms with Crippen molar-refractivity contribution in [3.63, 3.8) is 0 Å². The van der Waals surface area contributed by atoms with Gasteiger partial charge < -0.3 is 15.0 Å². The first-order valence-corrected chi connectivity index (χ1v) is 9.54. The molecule has 3 N–H and O–H groups in total. The number of imidazole rings is 1. The van der Waals surface area contributed by atoms with Crippen LogP contribution in [0.2, 0.25) is 0 Å². The largest absolute Gasteiger partial charge is 0.462 e. The number of H-pyrrole nitrogens is 1. The highest BCUT2D eigenvalue weighted by atomic mass is 16.5. The van der Waals surface area contributed by atoms with Crippen LogP contribution in [0, 0.1) is 11.8 Å². The first kappa shape index (κ1) is 18.2. The number of aromatic nitrogens is 4. The van der Waals surface area contributed by atoms with E-state index in [0.717, 1.165) is 25.7 Å². The minimum Gasteiger partial charge on any atom is -0.462 e. The summed E-state index contributed by atoms with van der Waals surface area (Å²) in [7, 11) is 0. The third kappa shape index (κ3) is 3.76. The van der Waals surface area contributed by atoms with Gasteiger partial charge in [0.05, 0.1) is 18.5 Å². The van der Waals surface area contributed by atoms with Crippen molar-refractivity contribution in [2.75, 3.05) is 12.3 Å².